The first kappa shape index (κ1) is 14.8. The van der Waals surface area contributed by atoms with E-state index >= 15 is 0 Å². The van der Waals surface area contributed by atoms with Crippen LogP contribution in [0.25, 0.3) is 0 Å². The molecule has 0 aliphatic carbocycles. The van der Waals surface area contributed by atoms with Crippen LogP contribution in [0, 0.1) is 0 Å². The summed E-state index contributed by atoms with van der Waals surface area (Å²) in [6, 6.07) is 20.9. The number of nitrogens with zero attached hydrogens (tertiary/aromatic N) is 2. The van der Waals surface area contributed by atoms with E-state index in [-0.39, 0.29) is 0 Å². The van der Waals surface area contributed by atoms with Crippen molar-refractivity contribution in [3.8, 4) is 0 Å². The van der Waals surface area contributed by atoms with E-state index in [0.717, 1.165) is 29.8 Å². The van der Waals surface area contributed by atoms with E-state index in [1.165, 1.54) is 6.42 Å². The Hall–Kier alpha value is -2.13. The Morgan fingerprint density at radius 3 is 2.41 bits per heavy atom. The molecular formula is C19H22N2O. The van der Waals surface area contributed by atoms with E-state index in [1.54, 1.807) is 0 Å². The van der Waals surface area contributed by atoms with Crippen molar-refractivity contribution in [1.29, 1.82) is 0 Å². The van der Waals surface area contributed by atoms with Crippen molar-refractivity contribution in [3.05, 3.63) is 71.8 Å². The first-order chi connectivity index (χ1) is 10.8. The lowest BCUT2D eigenvalue weighted by molar-refractivity contribution is 0.128. The van der Waals surface area contributed by atoms with Crippen molar-refractivity contribution < 1.29 is 4.84 Å². The zero-order valence-electron chi connectivity index (χ0n) is 13.0. The molecule has 0 radical (unpaired) electrons. The largest absolute Gasteiger partial charge is 0.391 e. The van der Waals surface area contributed by atoms with Gasteiger partial charge in [-0.1, -0.05) is 65.8 Å². The fourth-order valence-corrected chi connectivity index (χ4v) is 2.92. The Kier molecular flexibility index (Phi) is 4.86. The van der Waals surface area contributed by atoms with Crippen LogP contribution in [0.5, 0.6) is 0 Å². The Balaban J connectivity index is 1.77. The smallest absolute Gasteiger partial charge is 0.142 e. The maximum atomic E-state index is 5.66. The third-order valence-corrected chi connectivity index (χ3v) is 4.14. The number of benzene rings is 2. The lowest BCUT2D eigenvalue weighted by atomic mass is 10.0. The van der Waals surface area contributed by atoms with E-state index < -0.39 is 0 Å². The van der Waals surface area contributed by atoms with Gasteiger partial charge in [0, 0.05) is 5.56 Å². The van der Waals surface area contributed by atoms with E-state index in [9.17, 15) is 0 Å². The Morgan fingerprint density at radius 1 is 1.09 bits per heavy atom. The fourth-order valence-electron chi connectivity index (χ4n) is 2.92. The van der Waals surface area contributed by atoms with E-state index in [0.29, 0.717) is 12.6 Å². The first-order valence-corrected chi connectivity index (χ1v) is 7.84. The Bertz CT molecular complexity index is 610. The van der Waals surface area contributed by atoms with Crippen molar-refractivity contribution in [2.75, 3.05) is 13.6 Å². The molecule has 0 saturated carbocycles. The molecule has 0 bridgehead atoms. The predicted octanol–water partition coefficient (Wildman–Crippen LogP) is 3.70. The lowest BCUT2D eigenvalue weighted by Gasteiger charge is -2.21. The molecule has 2 aromatic rings. The van der Waals surface area contributed by atoms with Crippen LogP contribution >= 0.6 is 0 Å². The van der Waals surface area contributed by atoms with Gasteiger partial charge in [-0.2, -0.15) is 0 Å². The summed E-state index contributed by atoms with van der Waals surface area (Å²) in [6.07, 6.45) is 2.35. The summed E-state index contributed by atoms with van der Waals surface area (Å²) < 4.78 is 0. The third-order valence-electron chi connectivity index (χ3n) is 4.14. The standard InChI is InChI=1S/C19H22N2O/c1-21-14-8-13-18(21)19(17-11-6-3-7-12-17)20-22-15-16-9-4-2-5-10-16/h2-7,9-12,18H,8,13-15H2,1H3/b20-19-. The van der Waals surface area contributed by atoms with Gasteiger partial charge in [-0.25, -0.2) is 0 Å². The molecule has 114 valence electrons. The Morgan fingerprint density at radius 2 is 1.77 bits per heavy atom. The van der Waals surface area contributed by atoms with E-state index in [4.69, 9.17) is 4.84 Å². The van der Waals surface area contributed by atoms with Crippen molar-refractivity contribution >= 4 is 5.71 Å². The summed E-state index contributed by atoms with van der Waals surface area (Å²) in [5.74, 6) is 0. The number of hydrogen-bond donors (Lipinski definition) is 0. The SMILES string of the molecule is CN1CCCC1/C(=N\OCc1ccccc1)c1ccccc1. The molecule has 0 spiro atoms. The Labute approximate surface area is 132 Å². The average molecular weight is 294 g/mol. The summed E-state index contributed by atoms with van der Waals surface area (Å²) in [4.78, 5) is 8.02. The number of likely N-dealkylation sites (N-methyl/N-ethyl adjacent to an activating group) is 1. The molecule has 3 nitrogen and oxygen atoms in total. The zero-order chi connectivity index (χ0) is 15.2. The maximum Gasteiger partial charge on any atom is 0.142 e. The molecule has 0 amide bonds. The van der Waals surface area contributed by atoms with Crippen LogP contribution in [0.2, 0.25) is 0 Å². The molecule has 22 heavy (non-hydrogen) atoms. The van der Waals surface area contributed by atoms with E-state index in [2.05, 4.69) is 53.5 Å². The first-order valence-electron chi connectivity index (χ1n) is 7.84. The van der Waals surface area contributed by atoms with E-state index in [1.807, 2.05) is 24.3 Å². The van der Waals surface area contributed by atoms with Gasteiger partial charge in [-0.3, -0.25) is 4.90 Å². The molecule has 3 heteroatoms. The predicted molar refractivity (Wildman–Crippen MR) is 89.9 cm³/mol. The third kappa shape index (κ3) is 3.55. The van der Waals surface area contributed by atoms with Crippen LogP contribution in [0.15, 0.2) is 65.8 Å². The summed E-state index contributed by atoms with van der Waals surface area (Å²) in [6.45, 7) is 1.63. The van der Waals surface area contributed by atoms with Crippen LogP contribution in [-0.2, 0) is 11.4 Å². The number of likely N-dealkylation sites (tertiary alicyclic amines) is 1. The number of rotatable bonds is 5. The molecule has 2 aromatic carbocycles. The van der Waals surface area contributed by atoms with Gasteiger partial charge in [0.15, 0.2) is 0 Å². The molecule has 1 aliphatic rings. The molecule has 0 N–H and O–H groups in total. The molecule has 1 aliphatic heterocycles. The molecule has 1 unspecified atom stereocenters. The minimum absolute atomic E-state index is 0.346. The molecular weight excluding hydrogens is 272 g/mol. The average Bonchev–Trinajstić information content (AvgIpc) is 2.99. The number of oxime groups is 1. The van der Waals surface area contributed by atoms with Gasteiger partial charge in [0.1, 0.15) is 12.3 Å². The van der Waals surface area contributed by atoms with Crippen molar-refractivity contribution in [2.45, 2.75) is 25.5 Å². The van der Waals surface area contributed by atoms with Crippen LogP contribution in [0.4, 0.5) is 0 Å². The molecule has 3 rings (SSSR count). The van der Waals surface area contributed by atoms with Gasteiger partial charge in [-0.05, 0) is 32.0 Å². The normalized spacial score (nSPS) is 19.3. The van der Waals surface area contributed by atoms with Gasteiger partial charge in [0.05, 0.1) is 6.04 Å². The molecule has 1 atom stereocenters. The lowest BCUT2D eigenvalue weighted by Crippen LogP contribution is -2.33. The molecule has 1 saturated heterocycles. The van der Waals surface area contributed by atoms with Crippen molar-refractivity contribution in [1.82, 2.24) is 4.90 Å². The van der Waals surface area contributed by atoms with Gasteiger partial charge in [0.2, 0.25) is 0 Å². The topological polar surface area (TPSA) is 24.8 Å². The second-order valence-electron chi connectivity index (χ2n) is 5.74. The minimum atomic E-state index is 0.346. The molecule has 1 fully saturated rings. The quantitative estimate of drug-likeness (QED) is 0.620. The summed E-state index contributed by atoms with van der Waals surface area (Å²) in [5, 5.41) is 4.50. The molecule has 0 aromatic heterocycles. The van der Waals surface area contributed by atoms with Crippen LogP contribution in [0.1, 0.15) is 24.0 Å². The minimum Gasteiger partial charge on any atom is -0.391 e. The van der Waals surface area contributed by atoms with Gasteiger partial charge < -0.3 is 4.84 Å². The number of hydrogen-bond acceptors (Lipinski definition) is 3. The maximum absolute atomic E-state index is 5.66. The monoisotopic (exact) mass is 294 g/mol. The van der Waals surface area contributed by atoms with Crippen LogP contribution in [-0.4, -0.2) is 30.2 Å². The highest BCUT2D eigenvalue weighted by Crippen LogP contribution is 2.20. The second-order valence-corrected chi connectivity index (χ2v) is 5.74. The highest BCUT2D eigenvalue weighted by atomic mass is 16.6. The highest BCUT2D eigenvalue weighted by molar-refractivity contribution is 6.04. The van der Waals surface area contributed by atoms with Crippen LogP contribution in [0.3, 0.4) is 0 Å². The molecule has 1 heterocycles. The van der Waals surface area contributed by atoms with Crippen molar-refractivity contribution in [2.24, 2.45) is 5.16 Å². The summed E-state index contributed by atoms with van der Waals surface area (Å²) >= 11 is 0. The highest BCUT2D eigenvalue weighted by Gasteiger charge is 2.27. The zero-order valence-corrected chi connectivity index (χ0v) is 13.0. The van der Waals surface area contributed by atoms with Crippen molar-refractivity contribution in [3.63, 3.8) is 0 Å². The summed E-state index contributed by atoms with van der Waals surface area (Å²) in [5.41, 5.74) is 3.32. The van der Waals surface area contributed by atoms with Crippen LogP contribution < -0.4 is 0 Å². The van der Waals surface area contributed by atoms with Gasteiger partial charge >= 0.3 is 0 Å². The summed E-state index contributed by atoms with van der Waals surface area (Å²) in [7, 11) is 2.16. The van der Waals surface area contributed by atoms with Gasteiger partial charge in [-0.15, -0.1) is 0 Å². The van der Waals surface area contributed by atoms with Gasteiger partial charge in [0.25, 0.3) is 0 Å². The fraction of sp³-hybridized carbons (Fsp3) is 0.316. The second kappa shape index (κ2) is 7.23.